The standard InChI is InChI=1S/C19H14N2O2/c22-18-14(19-20-15-10-4-5-11-16(15)21-19)9-6-12-17(18)23-13-7-2-1-3-8-13/h1-12,22H,(H,20,21). The van der Waals surface area contributed by atoms with Gasteiger partial charge < -0.3 is 14.8 Å². The van der Waals surface area contributed by atoms with Gasteiger partial charge in [-0.05, 0) is 36.4 Å². The SMILES string of the molecule is Oc1c(Oc2ccccc2)cccc1-c1nc2ccccc2[nH]1. The van der Waals surface area contributed by atoms with Crippen LogP contribution in [0.3, 0.4) is 0 Å². The van der Waals surface area contributed by atoms with Gasteiger partial charge in [0.1, 0.15) is 11.6 Å². The van der Waals surface area contributed by atoms with Gasteiger partial charge in [-0.15, -0.1) is 0 Å². The first kappa shape index (κ1) is 13.4. The number of phenolic OH excluding ortho intramolecular Hbond substituents is 1. The van der Waals surface area contributed by atoms with Crippen LogP contribution in [0.4, 0.5) is 0 Å². The summed E-state index contributed by atoms with van der Waals surface area (Å²) < 4.78 is 5.75. The van der Waals surface area contributed by atoms with Crippen LogP contribution in [0.5, 0.6) is 17.2 Å². The van der Waals surface area contributed by atoms with E-state index in [2.05, 4.69) is 9.97 Å². The highest BCUT2D eigenvalue weighted by Gasteiger charge is 2.14. The molecular formula is C19H14N2O2. The Hall–Kier alpha value is -3.27. The van der Waals surface area contributed by atoms with E-state index in [0.717, 1.165) is 11.0 Å². The van der Waals surface area contributed by atoms with Gasteiger partial charge in [-0.25, -0.2) is 4.98 Å². The van der Waals surface area contributed by atoms with Gasteiger partial charge in [0, 0.05) is 0 Å². The number of hydrogen-bond donors (Lipinski definition) is 2. The lowest BCUT2D eigenvalue weighted by Gasteiger charge is -2.09. The summed E-state index contributed by atoms with van der Waals surface area (Å²) in [5.41, 5.74) is 2.39. The molecule has 2 N–H and O–H groups in total. The third kappa shape index (κ3) is 2.51. The van der Waals surface area contributed by atoms with Crippen LogP contribution in [0.15, 0.2) is 72.8 Å². The van der Waals surface area contributed by atoms with Gasteiger partial charge in [-0.1, -0.05) is 36.4 Å². The van der Waals surface area contributed by atoms with E-state index in [1.54, 1.807) is 6.07 Å². The number of ether oxygens (including phenoxy) is 1. The van der Waals surface area contributed by atoms with Gasteiger partial charge >= 0.3 is 0 Å². The number of aromatic amines is 1. The second-order valence-electron chi connectivity index (χ2n) is 5.17. The number of benzene rings is 3. The molecule has 0 aliphatic heterocycles. The summed E-state index contributed by atoms with van der Waals surface area (Å²) in [6.45, 7) is 0. The van der Waals surface area contributed by atoms with Crippen LogP contribution < -0.4 is 4.74 Å². The Morgan fingerprint density at radius 1 is 0.826 bits per heavy atom. The molecule has 112 valence electrons. The molecule has 4 heteroatoms. The van der Waals surface area contributed by atoms with E-state index in [4.69, 9.17) is 4.74 Å². The molecule has 0 bridgehead atoms. The van der Waals surface area contributed by atoms with Gasteiger partial charge in [0.25, 0.3) is 0 Å². The first-order valence-electron chi connectivity index (χ1n) is 7.31. The second kappa shape index (κ2) is 5.50. The third-order valence-electron chi connectivity index (χ3n) is 3.61. The number of hydrogen-bond acceptors (Lipinski definition) is 3. The van der Waals surface area contributed by atoms with Crippen LogP contribution in [0.1, 0.15) is 0 Å². The van der Waals surface area contributed by atoms with Gasteiger partial charge in [-0.3, -0.25) is 0 Å². The van der Waals surface area contributed by atoms with E-state index in [1.165, 1.54) is 0 Å². The zero-order valence-corrected chi connectivity index (χ0v) is 12.2. The van der Waals surface area contributed by atoms with E-state index in [9.17, 15) is 5.11 Å². The van der Waals surface area contributed by atoms with Crippen LogP contribution in [0, 0.1) is 0 Å². The van der Waals surface area contributed by atoms with E-state index in [-0.39, 0.29) is 5.75 Å². The van der Waals surface area contributed by atoms with Gasteiger partial charge in [0.15, 0.2) is 11.5 Å². The Morgan fingerprint density at radius 3 is 2.43 bits per heavy atom. The van der Waals surface area contributed by atoms with E-state index in [1.807, 2.05) is 66.7 Å². The summed E-state index contributed by atoms with van der Waals surface area (Å²) in [5.74, 6) is 1.75. The van der Waals surface area contributed by atoms with Crippen LogP contribution in [-0.2, 0) is 0 Å². The maximum Gasteiger partial charge on any atom is 0.169 e. The van der Waals surface area contributed by atoms with Crippen LogP contribution in [0.25, 0.3) is 22.4 Å². The monoisotopic (exact) mass is 302 g/mol. The minimum absolute atomic E-state index is 0.0652. The van der Waals surface area contributed by atoms with Crippen molar-refractivity contribution >= 4 is 11.0 Å². The van der Waals surface area contributed by atoms with Crippen molar-refractivity contribution in [3.63, 3.8) is 0 Å². The quantitative estimate of drug-likeness (QED) is 0.575. The topological polar surface area (TPSA) is 58.1 Å². The summed E-state index contributed by atoms with van der Waals surface area (Å²) in [4.78, 5) is 7.74. The number of fused-ring (bicyclic) bond motifs is 1. The summed E-state index contributed by atoms with van der Waals surface area (Å²) in [5, 5.41) is 10.5. The predicted molar refractivity (Wildman–Crippen MR) is 89.7 cm³/mol. The average Bonchev–Trinajstić information content (AvgIpc) is 3.01. The second-order valence-corrected chi connectivity index (χ2v) is 5.17. The van der Waals surface area contributed by atoms with Crippen molar-refractivity contribution in [1.29, 1.82) is 0 Å². The highest BCUT2D eigenvalue weighted by atomic mass is 16.5. The lowest BCUT2D eigenvalue weighted by molar-refractivity contribution is 0.412. The molecule has 0 atom stereocenters. The molecule has 4 nitrogen and oxygen atoms in total. The van der Waals surface area contributed by atoms with Crippen molar-refractivity contribution < 1.29 is 9.84 Å². The van der Waals surface area contributed by atoms with Gasteiger partial charge in [0.2, 0.25) is 0 Å². The molecule has 1 heterocycles. The molecule has 0 unspecified atom stereocenters. The van der Waals surface area contributed by atoms with Crippen molar-refractivity contribution in [3.8, 4) is 28.6 Å². The molecule has 0 amide bonds. The number of nitrogens with one attached hydrogen (secondary N) is 1. The summed E-state index contributed by atoms with van der Waals surface area (Å²) >= 11 is 0. The molecule has 1 aromatic heterocycles. The van der Waals surface area contributed by atoms with Crippen molar-refractivity contribution in [1.82, 2.24) is 9.97 Å². The Bertz CT molecular complexity index is 928. The van der Waals surface area contributed by atoms with E-state index >= 15 is 0 Å². The minimum atomic E-state index is 0.0652. The lowest BCUT2D eigenvalue weighted by atomic mass is 10.1. The van der Waals surface area contributed by atoms with Gasteiger partial charge in [-0.2, -0.15) is 0 Å². The minimum Gasteiger partial charge on any atom is -0.504 e. The average molecular weight is 302 g/mol. The van der Waals surface area contributed by atoms with Crippen molar-refractivity contribution in [3.05, 3.63) is 72.8 Å². The molecule has 0 radical (unpaired) electrons. The molecule has 3 aromatic carbocycles. The normalized spacial score (nSPS) is 10.8. The molecule has 0 aliphatic rings. The van der Waals surface area contributed by atoms with Crippen LogP contribution >= 0.6 is 0 Å². The smallest absolute Gasteiger partial charge is 0.169 e. The number of aromatic nitrogens is 2. The van der Waals surface area contributed by atoms with Crippen molar-refractivity contribution in [2.45, 2.75) is 0 Å². The molecular weight excluding hydrogens is 288 g/mol. The predicted octanol–water partition coefficient (Wildman–Crippen LogP) is 4.73. The fourth-order valence-electron chi connectivity index (χ4n) is 2.49. The number of H-pyrrole nitrogens is 1. The fraction of sp³-hybridized carbons (Fsp3) is 0. The van der Waals surface area contributed by atoms with Gasteiger partial charge in [0.05, 0.1) is 16.6 Å². The molecule has 0 fully saturated rings. The summed E-state index contributed by atoms with van der Waals surface area (Å²) in [6.07, 6.45) is 0. The number of aromatic hydroxyl groups is 1. The zero-order valence-electron chi connectivity index (χ0n) is 12.2. The molecule has 0 saturated carbocycles. The molecule has 0 saturated heterocycles. The lowest BCUT2D eigenvalue weighted by Crippen LogP contribution is -1.88. The molecule has 0 spiro atoms. The number of phenols is 1. The molecule has 4 aromatic rings. The number of para-hydroxylation sites is 4. The fourth-order valence-corrected chi connectivity index (χ4v) is 2.49. The highest BCUT2D eigenvalue weighted by molar-refractivity contribution is 5.81. The van der Waals surface area contributed by atoms with Crippen molar-refractivity contribution in [2.75, 3.05) is 0 Å². The maximum atomic E-state index is 10.5. The largest absolute Gasteiger partial charge is 0.504 e. The third-order valence-corrected chi connectivity index (χ3v) is 3.61. The number of nitrogens with zero attached hydrogens (tertiary/aromatic N) is 1. The maximum absolute atomic E-state index is 10.5. The summed E-state index contributed by atoms with van der Waals surface area (Å²) in [7, 11) is 0. The molecule has 0 aliphatic carbocycles. The van der Waals surface area contributed by atoms with E-state index in [0.29, 0.717) is 22.9 Å². The Kier molecular flexibility index (Phi) is 3.20. The highest BCUT2D eigenvalue weighted by Crippen LogP contribution is 2.38. The zero-order chi connectivity index (χ0) is 15.6. The van der Waals surface area contributed by atoms with Crippen LogP contribution in [-0.4, -0.2) is 15.1 Å². The first-order valence-corrected chi connectivity index (χ1v) is 7.31. The number of rotatable bonds is 3. The summed E-state index contributed by atoms with van der Waals surface area (Å²) in [6, 6.07) is 22.5. The van der Waals surface area contributed by atoms with E-state index < -0.39 is 0 Å². The first-order chi connectivity index (χ1) is 11.3. The number of imidazole rings is 1. The molecule has 4 rings (SSSR count). The Labute approximate surface area is 133 Å². The van der Waals surface area contributed by atoms with Crippen molar-refractivity contribution in [2.24, 2.45) is 0 Å². The van der Waals surface area contributed by atoms with Crippen LogP contribution in [0.2, 0.25) is 0 Å². The Balaban J connectivity index is 1.76. The molecule has 23 heavy (non-hydrogen) atoms. The Morgan fingerprint density at radius 2 is 1.61 bits per heavy atom.